The van der Waals surface area contributed by atoms with E-state index in [0.717, 1.165) is 30.9 Å². The number of halogens is 1. The highest BCUT2D eigenvalue weighted by Crippen LogP contribution is 2.16. The van der Waals surface area contributed by atoms with Crippen molar-refractivity contribution in [2.24, 2.45) is 5.73 Å². The zero-order valence-corrected chi connectivity index (χ0v) is 16.0. The highest BCUT2D eigenvalue weighted by molar-refractivity contribution is 5.91. The highest BCUT2D eigenvalue weighted by Gasteiger charge is 2.09. The predicted octanol–water partition coefficient (Wildman–Crippen LogP) is 2.95. The van der Waals surface area contributed by atoms with E-state index in [9.17, 15) is 4.79 Å². The smallest absolute Gasteiger partial charge is 0.225 e. The van der Waals surface area contributed by atoms with Gasteiger partial charge in [0.25, 0.3) is 0 Å². The van der Waals surface area contributed by atoms with E-state index >= 15 is 0 Å². The van der Waals surface area contributed by atoms with E-state index < -0.39 is 0 Å². The monoisotopic (exact) mass is 377 g/mol. The first-order chi connectivity index (χ1) is 12.2. The Morgan fingerprint density at radius 2 is 1.85 bits per heavy atom. The molecule has 142 valence electrons. The molecule has 0 spiro atoms. The van der Waals surface area contributed by atoms with Gasteiger partial charge in [0, 0.05) is 44.4 Å². The zero-order valence-electron chi connectivity index (χ0n) is 15.2. The lowest BCUT2D eigenvalue weighted by Gasteiger charge is -2.21. The molecule has 0 aliphatic rings. The molecule has 0 aromatic heterocycles. The fourth-order valence-electron chi connectivity index (χ4n) is 2.63. The molecule has 0 atom stereocenters. The number of hydrogen-bond donors (Lipinski definition) is 2. The third kappa shape index (κ3) is 7.87. The second-order valence-electron chi connectivity index (χ2n) is 5.90. The van der Waals surface area contributed by atoms with E-state index in [4.69, 9.17) is 10.5 Å². The van der Waals surface area contributed by atoms with Crippen LogP contribution < -0.4 is 15.8 Å². The van der Waals surface area contributed by atoms with Crippen LogP contribution in [0.5, 0.6) is 5.75 Å². The quantitative estimate of drug-likeness (QED) is 0.668. The molecular formula is C20H28ClN3O2. The van der Waals surface area contributed by atoms with Gasteiger partial charge in [0.1, 0.15) is 5.75 Å². The van der Waals surface area contributed by atoms with Gasteiger partial charge in [-0.2, -0.15) is 0 Å². The van der Waals surface area contributed by atoms with Gasteiger partial charge < -0.3 is 20.7 Å². The van der Waals surface area contributed by atoms with Gasteiger partial charge >= 0.3 is 0 Å². The maximum atomic E-state index is 12.2. The number of amides is 1. The molecule has 26 heavy (non-hydrogen) atoms. The van der Waals surface area contributed by atoms with Gasteiger partial charge in [-0.05, 0) is 24.1 Å². The first-order valence-corrected chi connectivity index (χ1v) is 8.61. The lowest BCUT2D eigenvalue weighted by Crippen LogP contribution is -2.34. The van der Waals surface area contributed by atoms with Crippen LogP contribution in [0.25, 0.3) is 0 Å². The van der Waals surface area contributed by atoms with Gasteiger partial charge in [-0.1, -0.05) is 36.4 Å². The Labute approximate surface area is 161 Å². The molecule has 2 aromatic rings. The fraction of sp³-hybridized carbons (Fsp3) is 0.350. The van der Waals surface area contributed by atoms with Crippen LogP contribution in [0.1, 0.15) is 12.0 Å². The third-order valence-electron chi connectivity index (χ3n) is 4.01. The van der Waals surface area contributed by atoms with Crippen molar-refractivity contribution in [3.63, 3.8) is 0 Å². The number of rotatable bonds is 10. The topological polar surface area (TPSA) is 67.6 Å². The van der Waals surface area contributed by atoms with Gasteiger partial charge in [0.05, 0.1) is 7.11 Å². The molecule has 2 aromatic carbocycles. The Hall–Kier alpha value is -2.08. The first kappa shape index (κ1) is 22.0. The normalized spacial score (nSPS) is 10.3. The third-order valence-corrected chi connectivity index (χ3v) is 4.01. The fourth-order valence-corrected chi connectivity index (χ4v) is 2.63. The summed E-state index contributed by atoms with van der Waals surface area (Å²) in [5.41, 5.74) is 7.75. The van der Waals surface area contributed by atoms with Crippen molar-refractivity contribution in [1.29, 1.82) is 0 Å². The minimum atomic E-state index is -0.00464. The number of nitrogens with zero attached hydrogens (tertiary/aromatic N) is 1. The summed E-state index contributed by atoms with van der Waals surface area (Å²) in [5, 5.41) is 2.91. The molecule has 0 saturated carbocycles. The second kappa shape index (κ2) is 12.3. The molecule has 0 aliphatic heterocycles. The van der Waals surface area contributed by atoms with Crippen molar-refractivity contribution in [2.45, 2.75) is 12.8 Å². The number of hydrogen-bond acceptors (Lipinski definition) is 4. The molecule has 0 radical (unpaired) electrons. The standard InChI is InChI=1S/C20H27N3O2.ClH/c1-25-19-9-5-8-18(16-19)22-20(24)11-14-23(15-12-21)13-10-17-6-3-2-4-7-17;/h2-9,16H,10-15,21H2,1H3,(H,22,24);1H. The van der Waals surface area contributed by atoms with Crippen LogP contribution in [-0.2, 0) is 11.2 Å². The SMILES string of the molecule is COc1cccc(NC(=O)CCN(CCN)CCc2ccccc2)c1.Cl. The Morgan fingerprint density at radius 1 is 1.08 bits per heavy atom. The molecule has 0 bridgehead atoms. The number of ether oxygens (including phenoxy) is 1. The second-order valence-corrected chi connectivity index (χ2v) is 5.90. The highest BCUT2D eigenvalue weighted by atomic mass is 35.5. The van der Waals surface area contributed by atoms with E-state index in [1.807, 2.05) is 42.5 Å². The molecular weight excluding hydrogens is 350 g/mol. The Balaban J connectivity index is 0.00000338. The predicted molar refractivity (Wildman–Crippen MR) is 109 cm³/mol. The zero-order chi connectivity index (χ0) is 17.9. The van der Waals surface area contributed by atoms with Crippen LogP contribution in [-0.4, -0.2) is 44.1 Å². The Morgan fingerprint density at radius 3 is 2.54 bits per heavy atom. The average Bonchev–Trinajstić information content (AvgIpc) is 2.65. The summed E-state index contributed by atoms with van der Waals surface area (Å²) in [5.74, 6) is 0.723. The van der Waals surface area contributed by atoms with E-state index in [0.29, 0.717) is 19.5 Å². The van der Waals surface area contributed by atoms with Crippen LogP contribution in [0.2, 0.25) is 0 Å². The van der Waals surface area contributed by atoms with E-state index in [1.165, 1.54) is 5.56 Å². The molecule has 5 nitrogen and oxygen atoms in total. The number of methoxy groups -OCH3 is 1. The first-order valence-electron chi connectivity index (χ1n) is 8.61. The number of carbonyl (C=O) groups excluding carboxylic acids is 1. The summed E-state index contributed by atoms with van der Waals surface area (Å²) in [4.78, 5) is 14.4. The summed E-state index contributed by atoms with van der Waals surface area (Å²) in [6.07, 6.45) is 1.39. The summed E-state index contributed by atoms with van der Waals surface area (Å²) >= 11 is 0. The number of nitrogens with two attached hydrogens (primary N) is 1. The molecule has 2 rings (SSSR count). The summed E-state index contributed by atoms with van der Waals surface area (Å²) in [6.45, 7) is 2.97. The molecule has 1 amide bonds. The van der Waals surface area contributed by atoms with E-state index in [1.54, 1.807) is 7.11 Å². The van der Waals surface area contributed by atoms with Gasteiger partial charge in [-0.25, -0.2) is 0 Å². The molecule has 0 unspecified atom stereocenters. The van der Waals surface area contributed by atoms with Crippen molar-refractivity contribution >= 4 is 24.0 Å². The van der Waals surface area contributed by atoms with Gasteiger partial charge in [0.2, 0.25) is 5.91 Å². The molecule has 6 heteroatoms. The van der Waals surface area contributed by atoms with Gasteiger partial charge in [-0.3, -0.25) is 4.79 Å². The summed E-state index contributed by atoms with van der Waals surface area (Å²) in [6, 6.07) is 17.7. The molecule has 0 fully saturated rings. The lowest BCUT2D eigenvalue weighted by atomic mass is 10.1. The largest absolute Gasteiger partial charge is 0.497 e. The van der Waals surface area contributed by atoms with Crippen molar-refractivity contribution < 1.29 is 9.53 Å². The van der Waals surface area contributed by atoms with Crippen LogP contribution >= 0.6 is 12.4 Å². The van der Waals surface area contributed by atoms with Crippen molar-refractivity contribution in [3.05, 3.63) is 60.2 Å². The molecule has 0 aliphatic carbocycles. The van der Waals surface area contributed by atoms with Gasteiger partial charge in [0.15, 0.2) is 0 Å². The van der Waals surface area contributed by atoms with Crippen LogP contribution in [0.4, 0.5) is 5.69 Å². The van der Waals surface area contributed by atoms with Gasteiger partial charge in [-0.15, -0.1) is 12.4 Å². The lowest BCUT2D eigenvalue weighted by molar-refractivity contribution is -0.116. The minimum Gasteiger partial charge on any atom is -0.497 e. The van der Waals surface area contributed by atoms with Crippen LogP contribution in [0, 0.1) is 0 Å². The number of carbonyl (C=O) groups is 1. The Bertz CT molecular complexity index is 653. The molecule has 0 heterocycles. The number of anilines is 1. The maximum Gasteiger partial charge on any atom is 0.225 e. The van der Waals surface area contributed by atoms with Crippen LogP contribution in [0.15, 0.2) is 54.6 Å². The molecule has 3 N–H and O–H groups in total. The number of benzene rings is 2. The number of nitrogens with one attached hydrogen (secondary N) is 1. The average molecular weight is 378 g/mol. The molecule has 0 saturated heterocycles. The van der Waals surface area contributed by atoms with E-state index in [-0.39, 0.29) is 18.3 Å². The van der Waals surface area contributed by atoms with Crippen LogP contribution in [0.3, 0.4) is 0 Å². The van der Waals surface area contributed by atoms with Crippen molar-refractivity contribution in [2.75, 3.05) is 38.6 Å². The maximum absolute atomic E-state index is 12.2. The van der Waals surface area contributed by atoms with Crippen molar-refractivity contribution in [1.82, 2.24) is 4.90 Å². The van der Waals surface area contributed by atoms with Crippen molar-refractivity contribution in [3.8, 4) is 5.75 Å². The van der Waals surface area contributed by atoms with E-state index in [2.05, 4.69) is 22.3 Å². The minimum absolute atomic E-state index is 0. The Kier molecular flexibility index (Phi) is 10.4. The summed E-state index contributed by atoms with van der Waals surface area (Å²) in [7, 11) is 1.61. The summed E-state index contributed by atoms with van der Waals surface area (Å²) < 4.78 is 5.17.